The lowest BCUT2D eigenvalue weighted by Gasteiger charge is -2.18. The number of aromatic nitrogens is 4. The number of anilines is 1. The summed E-state index contributed by atoms with van der Waals surface area (Å²) in [6.07, 6.45) is 1.72. The Balaban J connectivity index is 1.77. The van der Waals surface area contributed by atoms with Gasteiger partial charge < -0.3 is 0 Å². The van der Waals surface area contributed by atoms with E-state index in [1.165, 1.54) is 11.3 Å². The van der Waals surface area contributed by atoms with Crippen molar-refractivity contribution in [3.05, 3.63) is 70.2 Å². The Hall–Kier alpha value is -2.58. The molecule has 0 aliphatic rings. The van der Waals surface area contributed by atoms with Crippen molar-refractivity contribution in [2.75, 3.05) is 4.90 Å². The molecule has 8 heteroatoms. The van der Waals surface area contributed by atoms with Crippen LogP contribution in [0.1, 0.15) is 21.9 Å². The van der Waals surface area contributed by atoms with E-state index >= 15 is 0 Å². The second-order valence-corrected chi connectivity index (χ2v) is 8.04. The van der Waals surface area contributed by atoms with Crippen LogP contribution in [-0.4, -0.2) is 25.7 Å². The topological polar surface area (TPSA) is 63.9 Å². The number of amides is 1. The second kappa shape index (κ2) is 7.21. The molecule has 0 N–H and O–H groups in total. The fourth-order valence-electron chi connectivity index (χ4n) is 2.69. The van der Waals surface area contributed by atoms with E-state index in [0.717, 1.165) is 26.1 Å². The molecule has 0 saturated carbocycles. The molecule has 27 heavy (non-hydrogen) atoms. The lowest BCUT2D eigenvalue weighted by Crippen LogP contribution is -2.31. The van der Waals surface area contributed by atoms with Crippen LogP contribution < -0.4 is 4.90 Å². The fraction of sp³-hybridized carbons (Fsp3) is 0.158. The Morgan fingerprint density at radius 1 is 1.26 bits per heavy atom. The van der Waals surface area contributed by atoms with E-state index in [1.54, 1.807) is 21.8 Å². The molecule has 0 aliphatic heterocycles. The lowest BCUT2D eigenvalue weighted by atomic mass is 10.3. The summed E-state index contributed by atoms with van der Waals surface area (Å²) in [5, 5.41) is 4.97. The summed E-state index contributed by atoms with van der Waals surface area (Å²) in [5.41, 5.74) is 2.96. The van der Waals surface area contributed by atoms with Crippen LogP contribution in [-0.2, 0) is 13.6 Å². The molecule has 0 fully saturated rings. The minimum absolute atomic E-state index is 0.192. The van der Waals surface area contributed by atoms with E-state index in [0.29, 0.717) is 17.4 Å². The first kappa shape index (κ1) is 17.8. The number of pyridine rings is 1. The Morgan fingerprint density at radius 2 is 2.11 bits per heavy atom. The van der Waals surface area contributed by atoms with Crippen LogP contribution in [0.25, 0.3) is 10.2 Å². The van der Waals surface area contributed by atoms with Crippen molar-refractivity contribution in [2.24, 2.45) is 7.05 Å². The van der Waals surface area contributed by atoms with E-state index in [1.807, 2.05) is 50.4 Å². The van der Waals surface area contributed by atoms with Crippen LogP contribution >= 0.6 is 27.3 Å². The highest BCUT2D eigenvalue weighted by Gasteiger charge is 2.24. The summed E-state index contributed by atoms with van der Waals surface area (Å²) in [6.45, 7) is 2.25. The molecular weight excluding hydrogens is 426 g/mol. The molecule has 1 aromatic carbocycles. The molecule has 3 aromatic heterocycles. The van der Waals surface area contributed by atoms with Gasteiger partial charge >= 0.3 is 0 Å². The smallest absolute Gasteiger partial charge is 0.276 e. The van der Waals surface area contributed by atoms with E-state index in [2.05, 4.69) is 31.0 Å². The van der Waals surface area contributed by atoms with Crippen molar-refractivity contribution in [1.82, 2.24) is 19.7 Å². The van der Waals surface area contributed by atoms with Gasteiger partial charge in [0.1, 0.15) is 0 Å². The highest BCUT2D eigenvalue weighted by atomic mass is 79.9. The SMILES string of the molecule is Cc1cc(C(=O)N(Cc2ccccn2)c2nc3ccc(Br)cc3s2)nn1C. The van der Waals surface area contributed by atoms with E-state index in [9.17, 15) is 4.79 Å². The van der Waals surface area contributed by atoms with E-state index in [4.69, 9.17) is 0 Å². The number of nitrogens with zero attached hydrogens (tertiary/aromatic N) is 5. The minimum atomic E-state index is -0.192. The summed E-state index contributed by atoms with van der Waals surface area (Å²) < 4.78 is 3.69. The number of hydrogen-bond donors (Lipinski definition) is 0. The monoisotopic (exact) mass is 441 g/mol. The average molecular weight is 442 g/mol. The highest BCUT2D eigenvalue weighted by molar-refractivity contribution is 9.10. The summed E-state index contributed by atoms with van der Waals surface area (Å²) in [6, 6.07) is 13.3. The zero-order chi connectivity index (χ0) is 19.0. The summed E-state index contributed by atoms with van der Waals surface area (Å²) >= 11 is 4.96. The quantitative estimate of drug-likeness (QED) is 0.472. The van der Waals surface area contributed by atoms with Crippen molar-refractivity contribution in [3.63, 3.8) is 0 Å². The van der Waals surface area contributed by atoms with Crippen LogP contribution in [0, 0.1) is 6.92 Å². The van der Waals surface area contributed by atoms with Gasteiger partial charge in [-0.25, -0.2) is 4.98 Å². The van der Waals surface area contributed by atoms with Gasteiger partial charge in [-0.05, 0) is 43.3 Å². The number of rotatable bonds is 4. The first-order valence-corrected chi connectivity index (χ1v) is 9.91. The molecule has 3 heterocycles. The normalized spacial score (nSPS) is 11.1. The van der Waals surface area contributed by atoms with Gasteiger partial charge in [0.2, 0.25) is 0 Å². The third-order valence-electron chi connectivity index (χ3n) is 4.19. The minimum Gasteiger partial charge on any atom is -0.276 e. The maximum Gasteiger partial charge on any atom is 0.280 e. The molecular formula is C19H16BrN5OS. The Bertz CT molecular complexity index is 1100. The molecule has 0 unspecified atom stereocenters. The number of fused-ring (bicyclic) bond motifs is 1. The zero-order valence-corrected chi connectivity index (χ0v) is 17.2. The van der Waals surface area contributed by atoms with Crippen molar-refractivity contribution in [1.29, 1.82) is 0 Å². The van der Waals surface area contributed by atoms with Gasteiger partial charge in [-0.3, -0.25) is 19.4 Å². The molecule has 4 rings (SSSR count). The summed E-state index contributed by atoms with van der Waals surface area (Å²) in [5.74, 6) is -0.192. The highest BCUT2D eigenvalue weighted by Crippen LogP contribution is 2.32. The van der Waals surface area contributed by atoms with Crippen LogP contribution in [0.2, 0.25) is 0 Å². The first-order chi connectivity index (χ1) is 13.0. The predicted molar refractivity (Wildman–Crippen MR) is 110 cm³/mol. The van der Waals surface area contributed by atoms with Crippen molar-refractivity contribution in [2.45, 2.75) is 13.5 Å². The van der Waals surface area contributed by atoms with Crippen molar-refractivity contribution < 1.29 is 4.79 Å². The van der Waals surface area contributed by atoms with Crippen molar-refractivity contribution >= 4 is 48.5 Å². The largest absolute Gasteiger partial charge is 0.280 e. The molecule has 136 valence electrons. The molecule has 6 nitrogen and oxygen atoms in total. The lowest BCUT2D eigenvalue weighted by molar-refractivity contribution is 0.0979. The molecule has 0 aliphatic carbocycles. The number of aryl methyl sites for hydroxylation is 2. The second-order valence-electron chi connectivity index (χ2n) is 6.12. The van der Waals surface area contributed by atoms with Gasteiger partial charge in [0.25, 0.3) is 5.91 Å². The Kier molecular flexibility index (Phi) is 4.75. The summed E-state index contributed by atoms with van der Waals surface area (Å²) in [4.78, 5) is 23.9. The van der Waals surface area contributed by atoms with Gasteiger partial charge in [0.05, 0.1) is 22.5 Å². The molecule has 0 bridgehead atoms. The number of carbonyl (C=O) groups is 1. The van der Waals surface area contributed by atoms with Crippen LogP contribution in [0.4, 0.5) is 5.13 Å². The first-order valence-electron chi connectivity index (χ1n) is 8.30. The Morgan fingerprint density at radius 3 is 2.81 bits per heavy atom. The maximum absolute atomic E-state index is 13.2. The molecule has 1 amide bonds. The number of benzene rings is 1. The summed E-state index contributed by atoms with van der Waals surface area (Å²) in [7, 11) is 1.82. The van der Waals surface area contributed by atoms with Crippen LogP contribution in [0.3, 0.4) is 0 Å². The van der Waals surface area contributed by atoms with Gasteiger partial charge in [-0.2, -0.15) is 5.10 Å². The van der Waals surface area contributed by atoms with Crippen LogP contribution in [0.15, 0.2) is 53.1 Å². The number of halogens is 1. The third kappa shape index (κ3) is 3.63. The third-order valence-corrected chi connectivity index (χ3v) is 5.73. The maximum atomic E-state index is 13.2. The van der Waals surface area contributed by atoms with Crippen molar-refractivity contribution in [3.8, 4) is 0 Å². The fourth-order valence-corrected chi connectivity index (χ4v) is 4.20. The van der Waals surface area contributed by atoms with E-state index in [-0.39, 0.29) is 5.91 Å². The standard InChI is InChI=1S/C19H16BrN5OS/c1-12-9-16(23-24(12)2)18(26)25(11-14-5-3-4-8-21-14)19-22-15-7-6-13(20)10-17(15)27-19/h3-10H,11H2,1-2H3. The van der Waals surface area contributed by atoms with Crippen LogP contribution in [0.5, 0.6) is 0 Å². The number of hydrogen-bond acceptors (Lipinski definition) is 5. The van der Waals surface area contributed by atoms with Gasteiger partial charge in [0.15, 0.2) is 10.8 Å². The van der Waals surface area contributed by atoms with Gasteiger partial charge in [-0.15, -0.1) is 0 Å². The predicted octanol–water partition coefficient (Wildman–Crippen LogP) is 4.34. The average Bonchev–Trinajstić information content (AvgIpc) is 3.23. The molecule has 0 spiro atoms. The zero-order valence-electron chi connectivity index (χ0n) is 14.8. The number of thiazole rings is 1. The number of carbonyl (C=O) groups excluding carboxylic acids is 1. The van der Waals surface area contributed by atoms with Gasteiger partial charge in [-0.1, -0.05) is 33.3 Å². The molecule has 4 aromatic rings. The van der Waals surface area contributed by atoms with Gasteiger partial charge in [0, 0.05) is 23.4 Å². The molecule has 0 radical (unpaired) electrons. The van der Waals surface area contributed by atoms with E-state index < -0.39 is 0 Å². The molecule has 0 saturated heterocycles. The molecule has 0 atom stereocenters. The Labute approximate surface area is 168 Å².